The predicted octanol–water partition coefficient (Wildman–Crippen LogP) is 1.67. The average Bonchev–Trinajstić information content (AvgIpc) is 2.88. The SMILES string of the molecule is Cc1nn(-c2ccccc2)c2[nH]c(=O)c(CNCCN(C)C)cc12. The number of aromatic amines is 1. The second-order valence-corrected chi connectivity index (χ2v) is 6.20. The van der Waals surface area contributed by atoms with Crippen LogP contribution in [0.25, 0.3) is 16.7 Å². The topological polar surface area (TPSA) is 66.0 Å². The van der Waals surface area contributed by atoms with E-state index in [0.29, 0.717) is 6.54 Å². The number of para-hydroxylation sites is 1. The number of hydrogen-bond donors (Lipinski definition) is 2. The van der Waals surface area contributed by atoms with Gasteiger partial charge in [-0.15, -0.1) is 0 Å². The minimum absolute atomic E-state index is 0.0723. The molecule has 6 nitrogen and oxygen atoms in total. The number of rotatable bonds is 6. The third-order valence-electron chi connectivity index (χ3n) is 4.00. The number of benzene rings is 1. The maximum Gasteiger partial charge on any atom is 0.254 e. The van der Waals surface area contributed by atoms with Gasteiger partial charge in [-0.05, 0) is 39.2 Å². The lowest BCUT2D eigenvalue weighted by atomic mass is 10.2. The van der Waals surface area contributed by atoms with Crippen molar-refractivity contribution in [1.29, 1.82) is 0 Å². The second-order valence-electron chi connectivity index (χ2n) is 6.20. The summed E-state index contributed by atoms with van der Waals surface area (Å²) in [4.78, 5) is 17.5. The number of fused-ring (bicyclic) bond motifs is 1. The first-order valence-electron chi connectivity index (χ1n) is 8.08. The van der Waals surface area contributed by atoms with Gasteiger partial charge in [-0.2, -0.15) is 5.10 Å². The molecule has 0 spiro atoms. The number of hydrogen-bond acceptors (Lipinski definition) is 4. The van der Waals surface area contributed by atoms with Gasteiger partial charge in [0.25, 0.3) is 5.56 Å². The first-order chi connectivity index (χ1) is 11.6. The molecule has 2 heterocycles. The van der Waals surface area contributed by atoms with Crippen molar-refractivity contribution in [2.24, 2.45) is 0 Å². The number of aromatic nitrogens is 3. The number of pyridine rings is 1. The van der Waals surface area contributed by atoms with Crippen molar-refractivity contribution in [3.05, 3.63) is 58.0 Å². The minimum Gasteiger partial charge on any atom is -0.311 e. The molecule has 126 valence electrons. The van der Waals surface area contributed by atoms with Gasteiger partial charge < -0.3 is 15.2 Å². The van der Waals surface area contributed by atoms with Crippen molar-refractivity contribution in [1.82, 2.24) is 25.0 Å². The molecule has 0 saturated heterocycles. The number of nitrogens with zero attached hydrogens (tertiary/aromatic N) is 3. The molecule has 0 saturated carbocycles. The lowest BCUT2D eigenvalue weighted by molar-refractivity contribution is 0.400. The quantitative estimate of drug-likeness (QED) is 0.677. The first-order valence-corrected chi connectivity index (χ1v) is 8.08. The molecule has 0 amide bonds. The highest BCUT2D eigenvalue weighted by atomic mass is 16.1. The van der Waals surface area contributed by atoms with E-state index in [9.17, 15) is 4.79 Å². The molecule has 3 rings (SSSR count). The molecule has 0 aliphatic rings. The number of aryl methyl sites for hydroxylation is 1. The molecule has 3 aromatic rings. The fraction of sp³-hybridized carbons (Fsp3) is 0.333. The van der Waals surface area contributed by atoms with Crippen LogP contribution in [-0.2, 0) is 6.54 Å². The molecular formula is C18H23N5O. The van der Waals surface area contributed by atoms with Gasteiger partial charge in [0.2, 0.25) is 0 Å². The summed E-state index contributed by atoms with van der Waals surface area (Å²) in [7, 11) is 4.06. The van der Waals surface area contributed by atoms with Gasteiger partial charge in [-0.25, -0.2) is 4.68 Å². The van der Waals surface area contributed by atoms with Crippen molar-refractivity contribution in [2.45, 2.75) is 13.5 Å². The maximum atomic E-state index is 12.4. The lowest BCUT2D eigenvalue weighted by Crippen LogP contribution is -2.28. The molecule has 0 radical (unpaired) electrons. The summed E-state index contributed by atoms with van der Waals surface area (Å²) >= 11 is 0. The Hall–Kier alpha value is -2.44. The molecule has 0 aliphatic carbocycles. The van der Waals surface area contributed by atoms with E-state index in [-0.39, 0.29) is 5.56 Å². The van der Waals surface area contributed by atoms with E-state index < -0.39 is 0 Å². The summed E-state index contributed by atoms with van der Waals surface area (Å²) in [5.41, 5.74) is 3.23. The summed E-state index contributed by atoms with van der Waals surface area (Å²) in [5.74, 6) is 0. The Bertz CT molecular complexity index is 880. The van der Waals surface area contributed by atoms with E-state index in [4.69, 9.17) is 0 Å². The highest BCUT2D eigenvalue weighted by Gasteiger charge is 2.12. The van der Waals surface area contributed by atoms with Crippen molar-refractivity contribution in [3.63, 3.8) is 0 Å². The number of H-pyrrole nitrogens is 1. The standard InChI is InChI=1S/C18H23N5O/c1-13-16-11-14(12-19-9-10-22(2)3)18(24)20-17(16)23(21-13)15-7-5-4-6-8-15/h4-8,11,19H,9-10,12H2,1-3H3,(H,20,24). The van der Waals surface area contributed by atoms with Gasteiger partial charge in [0.05, 0.1) is 11.4 Å². The minimum atomic E-state index is -0.0723. The van der Waals surface area contributed by atoms with Crippen LogP contribution in [-0.4, -0.2) is 46.8 Å². The Labute approximate surface area is 141 Å². The largest absolute Gasteiger partial charge is 0.311 e. The Morgan fingerprint density at radius 1 is 1.25 bits per heavy atom. The van der Waals surface area contributed by atoms with Gasteiger partial charge in [0.15, 0.2) is 0 Å². The normalized spacial score (nSPS) is 11.5. The predicted molar refractivity (Wildman–Crippen MR) is 96.7 cm³/mol. The molecule has 0 aliphatic heterocycles. The molecule has 24 heavy (non-hydrogen) atoms. The molecule has 1 aromatic carbocycles. The molecule has 0 fully saturated rings. The van der Waals surface area contributed by atoms with Gasteiger partial charge in [0, 0.05) is 30.6 Å². The number of likely N-dealkylation sites (N-methyl/N-ethyl adjacent to an activating group) is 1. The van der Waals surface area contributed by atoms with E-state index in [2.05, 4.69) is 20.3 Å². The van der Waals surface area contributed by atoms with Crippen molar-refractivity contribution in [3.8, 4) is 5.69 Å². The lowest BCUT2D eigenvalue weighted by Gasteiger charge is -2.10. The van der Waals surface area contributed by atoms with Crippen molar-refractivity contribution >= 4 is 11.0 Å². The fourth-order valence-corrected chi connectivity index (χ4v) is 2.67. The molecule has 2 N–H and O–H groups in total. The number of nitrogens with one attached hydrogen (secondary N) is 2. The summed E-state index contributed by atoms with van der Waals surface area (Å²) in [6, 6.07) is 11.8. The fourth-order valence-electron chi connectivity index (χ4n) is 2.67. The van der Waals surface area contributed by atoms with E-state index in [1.807, 2.05) is 57.4 Å². The molecule has 2 aromatic heterocycles. The van der Waals surface area contributed by atoms with Gasteiger partial charge >= 0.3 is 0 Å². The van der Waals surface area contributed by atoms with Gasteiger partial charge in [-0.1, -0.05) is 18.2 Å². The zero-order valence-corrected chi connectivity index (χ0v) is 14.3. The smallest absolute Gasteiger partial charge is 0.254 e. The van der Waals surface area contributed by atoms with Crippen LogP contribution in [0.5, 0.6) is 0 Å². The van der Waals surface area contributed by atoms with Crippen molar-refractivity contribution < 1.29 is 0 Å². The van der Waals surface area contributed by atoms with E-state index in [1.165, 1.54) is 0 Å². The van der Waals surface area contributed by atoms with Crippen LogP contribution in [0, 0.1) is 6.92 Å². The molecule has 0 unspecified atom stereocenters. The van der Waals surface area contributed by atoms with Crippen LogP contribution >= 0.6 is 0 Å². The Balaban J connectivity index is 1.92. The van der Waals surface area contributed by atoms with Crippen LogP contribution in [0.4, 0.5) is 0 Å². The van der Waals surface area contributed by atoms with Crippen LogP contribution < -0.4 is 10.9 Å². The van der Waals surface area contributed by atoms with Crippen LogP contribution in [0.1, 0.15) is 11.3 Å². The average molecular weight is 325 g/mol. The maximum absolute atomic E-state index is 12.4. The third-order valence-corrected chi connectivity index (χ3v) is 4.00. The van der Waals surface area contributed by atoms with Crippen molar-refractivity contribution in [2.75, 3.05) is 27.2 Å². The van der Waals surface area contributed by atoms with E-state index >= 15 is 0 Å². The Morgan fingerprint density at radius 2 is 2.00 bits per heavy atom. The van der Waals surface area contributed by atoms with E-state index in [1.54, 1.807) is 4.68 Å². The molecule has 6 heteroatoms. The summed E-state index contributed by atoms with van der Waals surface area (Å²) in [6.07, 6.45) is 0. The second kappa shape index (κ2) is 6.98. The molecule has 0 bridgehead atoms. The zero-order valence-electron chi connectivity index (χ0n) is 14.3. The van der Waals surface area contributed by atoms with Gasteiger partial charge in [-0.3, -0.25) is 4.79 Å². The summed E-state index contributed by atoms with van der Waals surface area (Å²) < 4.78 is 1.79. The zero-order chi connectivity index (χ0) is 17.1. The van der Waals surface area contributed by atoms with Gasteiger partial charge in [0.1, 0.15) is 5.65 Å². The van der Waals surface area contributed by atoms with E-state index in [0.717, 1.165) is 41.1 Å². The summed E-state index contributed by atoms with van der Waals surface area (Å²) in [5, 5.41) is 8.86. The molecular weight excluding hydrogens is 302 g/mol. The Kier molecular flexibility index (Phi) is 4.78. The van der Waals surface area contributed by atoms with Crippen LogP contribution in [0.15, 0.2) is 41.2 Å². The molecule has 0 atom stereocenters. The van der Waals surface area contributed by atoms with Crippen LogP contribution in [0.3, 0.4) is 0 Å². The third kappa shape index (κ3) is 3.39. The first kappa shape index (κ1) is 16.4. The van der Waals surface area contributed by atoms with Crippen LogP contribution in [0.2, 0.25) is 0 Å². The highest BCUT2D eigenvalue weighted by Crippen LogP contribution is 2.19. The Morgan fingerprint density at radius 3 is 2.71 bits per heavy atom. The highest BCUT2D eigenvalue weighted by molar-refractivity contribution is 5.80. The summed E-state index contributed by atoms with van der Waals surface area (Å²) in [6.45, 7) is 4.29. The monoisotopic (exact) mass is 325 g/mol.